The Bertz CT molecular complexity index is 406. The minimum absolute atomic E-state index is 0.174. The van der Waals surface area contributed by atoms with Crippen LogP contribution in [0.2, 0.25) is 10.0 Å². The Hall–Kier alpha value is -0.710. The molecule has 0 aliphatic heterocycles. The lowest BCUT2D eigenvalue weighted by atomic mass is 9.93. The van der Waals surface area contributed by atoms with E-state index in [1.807, 2.05) is 0 Å². The van der Waals surface area contributed by atoms with E-state index >= 15 is 0 Å². The maximum Gasteiger partial charge on any atom is 0.147 e. The maximum absolute atomic E-state index is 9.42. The van der Waals surface area contributed by atoms with Gasteiger partial charge >= 0.3 is 0 Å². The Labute approximate surface area is 110 Å². The monoisotopic (exact) mass is 275 g/mol. The number of hydrogen-bond acceptors (Lipinski definition) is 4. The molecule has 1 aromatic heterocycles. The summed E-state index contributed by atoms with van der Waals surface area (Å²) in [4.78, 5) is 4.13. The zero-order valence-electron chi connectivity index (χ0n) is 9.29. The summed E-state index contributed by atoms with van der Waals surface area (Å²) in [5.41, 5.74) is 5.64. The van der Waals surface area contributed by atoms with Gasteiger partial charge < -0.3 is 16.2 Å². The van der Waals surface area contributed by atoms with Crippen LogP contribution in [0.1, 0.15) is 25.7 Å². The largest absolute Gasteiger partial charge is 0.393 e. The molecule has 2 rings (SSSR count). The lowest BCUT2D eigenvalue weighted by molar-refractivity contribution is 0.126. The number of anilines is 2. The van der Waals surface area contributed by atoms with Crippen LogP contribution in [0.3, 0.4) is 0 Å². The van der Waals surface area contributed by atoms with E-state index in [1.54, 1.807) is 6.07 Å². The third-order valence-electron chi connectivity index (χ3n) is 2.99. The molecule has 0 spiro atoms. The highest BCUT2D eigenvalue weighted by molar-refractivity contribution is 6.37. The second kappa shape index (κ2) is 5.29. The average molecular weight is 276 g/mol. The fourth-order valence-corrected chi connectivity index (χ4v) is 2.41. The van der Waals surface area contributed by atoms with Crippen LogP contribution in [0.15, 0.2) is 6.07 Å². The van der Waals surface area contributed by atoms with Crippen molar-refractivity contribution in [2.45, 2.75) is 37.8 Å². The van der Waals surface area contributed by atoms with Gasteiger partial charge in [-0.25, -0.2) is 4.98 Å². The van der Waals surface area contributed by atoms with E-state index in [-0.39, 0.29) is 18.0 Å². The van der Waals surface area contributed by atoms with Gasteiger partial charge in [-0.15, -0.1) is 0 Å². The number of nitrogen functional groups attached to an aromatic ring is 1. The second-order valence-electron chi connectivity index (χ2n) is 4.34. The highest BCUT2D eigenvalue weighted by atomic mass is 35.5. The summed E-state index contributed by atoms with van der Waals surface area (Å²) in [5.74, 6) is 0.837. The fraction of sp³-hybridized carbons (Fsp3) is 0.545. The van der Waals surface area contributed by atoms with E-state index in [4.69, 9.17) is 28.9 Å². The molecule has 0 aromatic carbocycles. The Kier molecular flexibility index (Phi) is 3.97. The average Bonchev–Trinajstić information content (AvgIpc) is 2.29. The van der Waals surface area contributed by atoms with Crippen LogP contribution < -0.4 is 11.1 Å². The number of nitrogens with two attached hydrogens (primary N) is 1. The molecule has 17 heavy (non-hydrogen) atoms. The summed E-state index contributed by atoms with van der Waals surface area (Å²) in [6.07, 6.45) is 3.24. The van der Waals surface area contributed by atoms with Crippen molar-refractivity contribution in [3.05, 3.63) is 16.1 Å². The molecule has 4 N–H and O–H groups in total. The van der Waals surface area contributed by atoms with Gasteiger partial charge in [0.25, 0.3) is 0 Å². The van der Waals surface area contributed by atoms with Gasteiger partial charge in [0.15, 0.2) is 0 Å². The van der Waals surface area contributed by atoms with Crippen LogP contribution in [0, 0.1) is 0 Å². The first-order valence-corrected chi connectivity index (χ1v) is 6.38. The first kappa shape index (κ1) is 12.7. The van der Waals surface area contributed by atoms with Crippen molar-refractivity contribution < 1.29 is 5.11 Å². The van der Waals surface area contributed by atoms with Crippen LogP contribution in [0.25, 0.3) is 0 Å². The molecule has 0 bridgehead atoms. The number of aliphatic hydroxyl groups excluding tert-OH is 1. The first-order valence-electron chi connectivity index (χ1n) is 5.62. The number of rotatable bonds is 2. The Balaban J connectivity index is 2.06. The van der Waals surface area contributed by atoms with Crippen molar-refractivity contribution in [3.8, 4) is 0 Å². The fourth-order valence-electron chi connectivity index (χ4n) is 2.00. The number of pyridine rings is 1. The minimum atomic E-state index is -0.174. The first-order chi connectivity index (χ1) is 8.06. The third kappa shape index (κ3) is 3.15. The molecule has 0 unspecified atom stereocenters. The van der Waals surface area contributed by atoms with Crippen molar-refractivity contribution in [2.75, 3.05) is 11.1 Å². The lowest BCUT2D eigenvalue weighted by Crippen LogP contribution is -2.28. The Morgan fingerprint density at radius 2 is 1.88 bits per heavy atom. The summed E-state index contributed by atoms with van der Waals surface area (Å²) in [6, 6.07) is 1.87. The van der Waals surface area contributed by atoms with Gasteiger partial charge in [-0.1, -0.05) is 23.2 Å². The zero-order chi connectivity index (χ0) is 12.4. The highest BCUT2D eigenvalue weighted by Crippen LogP contribution is 2.29. The van der Waals surface area contributed by atoms with Gasteiger partial charge in [-0.3, -0.25) is 0 Å². The molecule has 4 nitrogen and oxygen atoms in total. The molecule has 1 aromatic rings. The Morgan fingerprint density at radius 1 is 1.24 bits per heavy atom. The number of nitrogens with zero attached hydrogens (tertiary/aromatic N) is 1. The van der Waals surface area contributed by atoms with E-state index in [0.29, 0.717) is 15.9 Å². The standard InChI is InChI=1S/C11H15Cl2N3O/c12-8-5-9(13)11(16-10(8)14)15-6-1-3-7(17)4-2-6/h5-7,17H,1-4H2,(H3,14,15,16). The molecule has 1 saturated carbocycles. The number of nitrogens with one attached hydrogen (secondary N) is 1. The molecule has 1 aliphatic carbocycles. The lowest BCUT2D eigenvalue weighted by Gasteiger charge is -2.27. The van der Waals surface area contributed by atoms with Crippen molar-refractivity contribution >= 4 is 34.8 Å². The van der Waals surface area contributed by atoms with E-state index in [9.17, 15) is 5.11 Å². The van der Waals surface area contributed by atoms with Crippen LogP contribution in [-0.4, -0.2) is 22.2 Å². The molecule has 94 valence electrons. The summed E-state index contributed by atoms with van der Waals surface area (Å²) < 4.78 is 0. The number of aliphatic hydroxyl groups is 1. The molecule has 0 radical (unpaired) electrons. The van der Waals surface area contributed by atoms with Crippen LogP contribution in [0.4, 0.5) is 11.6 Å². The SMILES string of the molecule is Nc1nc(NC2CCC(O)CC2)c(Cl)cc1Cl. The van der Waals surface area contributed by atoms with Crippen LogP contribution in [-0.2, 0) is 0 Å². The number of halogens is 2. The summed E-state index contributed by atoms with van der Waals surface area (Å²) in [5, 5.41) is 13.5. The normalized spacial score (nSPS) is 24.6. The van der Waals surface area contributed by atoms with E-state index < -0.39 is 0 Å². The summed E-state index contributed by atoms with van der Waals surface area (Å²) >= 11 is 11.9. The second-order valence-corrected chi connectivity index (χ2v) is 5.15. The molecule has 0 atom stereocenters. The smallest absolute Gasteiger partial charge is 0.147 e. The molecule has 0 amide bonds. The molecule has 6 heteroatoms. The molecule has 1 heterocycles. The zero-order valence-corrected chi connectivity index (χ0v) is 10.8. The van der Waals surface area contributed by atoms with Gasteiger partial charge in [0.2, 0.25) is 0 Å². The van der Waals surface area contributed by atoms with E-state index in [1.165, 1.54) is 0 Å². The molecule has 0 saturated heterocycles. The van der Waals surface area contributed by atoms with Crippen LogP contribution >= 0.6 is 23.2 Å². The van der Waals surface area contributed by atoms with Gasteiger partial charge in [0, 0.05) is 6.04 Å². The number of aromatic nitrogens is 1. The van der Waals surface area contributed by atoms with E-state index in [2.05, 4.69) is 10.3 Å². The molecule has 1 aliphatic rings. The highest BCUT2D eigenvalue weighted by Gasteiger charge is 2.20. The molecular formula is C11H15Cl2N3O. The predicted octanol–water partition coefficient (Wildman–Crippen LogP) is 2.69. The summed E-state index contributed by atoms with van der Waals surface area (Å²) in [7, 11) is 0. The quantitative estimate of drug-likeness (QED) is 0.776. The number of hydrogen-bond donors (Lipinski definition) is 3. The topological polar surface area (TPSA) is 71.2 Å². The predicted molar refractivity (Wildman–Crippen MR) is 70.6 cm³/mol. The van der Waals surface area contributed by atoms with Gasteiger partial charge in [-0.05, 0) is 31.7 Å². The van der Waals surface area contributed by atoms with Crippen molar-refractivity contribution in [1.82, 2.24) is 4.98 Å². The van der Waals surface area contributed by atoms with Crippen molar-refractivity contribution in [2.24, 2.45) is 0 Å². The van der Waals surface area contributed by atoms with E-state index in [0.717, 1.165) is 25.7 Å². The Morgan fingerprint density at radius 3 is 2.53 bits per heavy atom. The van der Waals surface area contributed by atoms with Gasteiger partial charge in [0.05, 0.1) is 16.1 Å². The van der Waals surface area contributed by atoms with Gasteiger partial charge in [-0.2, -0.15) is 0 Å². The molecule has 1 fully saturated rings. The van der Waals surface area contributed by atoms with Crippen LogP contribution in [0.5, 0.6) is 0 Å². The summed E-state index contributed by atoms with van der Waals surface area (Å²) in [6.45, 7) is 0. The van der Waals surface area contributed by atoms with Crippen molar-refractivity contribution in [3.63, 3.8) is 0 Å². The van der Waals surface area contributed by atoms with Gasteiger partial charge in [0.1, 0.15) is 11.6 Å². The third-order valence-corrected chi connectivity index (χ3v) is 3.59. The minimum Gasteiger partial charge on any atom is -0.393 e. The maximum atomic E-state index is 9.42. The van der Waals surface area contributed by atoms with Crippen molar-refractivity contribution in [1.29, 1.82) is 0 Å². The molecular weight excluding hydrogens is 261 g/mol.